The van der Waals surface area contributed by atoms with Crippen molar-refractivity contribution in [3.63, 3.8) is 0 Å². The number of nitrogens with one attached hydrogen (secondary N) is 1. The summed E-state index contributed by atoms with van der Waals surface area (Å²) in [5.41, 5.74) is 0. The average Bonchev–Trinajstić information content (AvgIpc) is 2.42. The van der Waals surface area contributed by atoms with Crippen LogP contribution in [-0.2, 0) is 18.9 Å². The summed E-state index contributed by atoms with van der Waals surface area (Å²) in [6, 6.07) is -0.533. The number of carboxylic acids is 1. The van der Waals surface area contributed by atoms with E-state index in [1.165, 1.54) is 0 Å². The van der Waals surface area contributed by atoms with Crippen LogP contribution in [0.25, 0.3) is 0 Å². The van der Waals surface area contributed by atoms with E-state index in [4.69, 9.17) is 19.6 Å². The van der Waals surface area contributed by atoms with Crippen LogP contribution in [0.3, 0.4) is 0 Å². The predicted octanol–water partition coefficient (Wildman–Crippen LogP) is 0.186. The highest BCUT2D eigenvalue weighted by atomic mass is 31.2. The summed E-state index contributed by atoms with van der Waals surface area (Å²) in [6.07, 6.45) is 2.81. The first-order valence-corrected chi connectivity index (χ1v) is 9.20. The number of hydrogen-bond acceptors (Lipinski definition) is 5. The zero-order valence-corrected chi connectivity index (χ0v) is 13.1. The highest BCUT2D eigenvalue weighted by Crippen LogP contribution is 2.45. The molecule has 1 aliphatic carbocycles. The summed E-state index contributed by atoms with van der Waals surface area (Å²) >= 11 is 0. The van der Waals surface area contributed by atoms with Crippen LogP contribution in [0.2, 0.25) is 0 Å². The highest BCUT2D eigenvalue weighted by Gasteiger charge is 2.39. The van der Waals surface area contributed by atoms with E-state index in [9.17, 15) is 14.2 Å². The highest BCUT2D eigenvalue weighted by molar-refractivity contribution is 7.51. The summed E-state index contributed by atoms with van der Waals surface area (Å²) in [6.45, 7) is 0.00603. The normalized spacial score (nSPS) is 32.1. The van der Waals surface area contributed by atoms with Crippen molar-refractivity contribution in [2.24, 2.45) is 17.8 Å². The van der Waals surface area contributed by atoms with Crippen molar-refractivity contribution >= 4 is 19.5 Å². The number of carboxylic acid groups (broad SMARTS) is 1. The molecular formula is C13H22NO7P. The maximum Gasteiger partial charge on any atom is 0.341 e. The monoisotopic (exact) mass is 335 g/mol. The van der Waals surface area contributed by atoms with Gasteiger partial charge in [0, 0.05) is 0 Å². The molecule has 0 bridgehead atoms. The Bertz CT molecular complexity index is 477. The predicted molar refractivity (Wildman–Crippen MR) is 76.2 cm³/mol. The Morgan fingerprint density at radius 3 is 2.55 bits per heavy atom. The van der Waals surface area contributed by atoms with Crippen molar-refractivity contribution in [3.05, 3.63) is 0 Å². The lowest BCUT2D eigenvalue weighted by Crippen LogP contribution is -2.50. The van der Waals surface area contributed by atoms with Crippen molar-refractivity contribution < 1.29 is 33.8 Å². The second kappa shape index (κ2) is 7.08. The van der Waals surface area contributed by atoms with Crippen molar-refractivity contribution in [1.29, 1.82) is 0 Å². The fourth-order valence-corrected chi connectivity index (χ4v) is 4.58. The standard InChI is InChI=1S/C13H22NO7P/c15-12(16)6-21-13(17)11-4-10-3-8(7-22(18,19)20)1-2-9(10)5-14-11/h8-11,14H,1-7H2,(H,15,16)(H2,18,19,20). The Labute approximate surface area is 128 Å². The van der Waals surface area contributed by atoms with Crippen LogP contribution >= 0.6 is 7.60 Å². The molecule has 0 spiro atoms. The molecule has 4 N–H and O–H groups in total. The third-order valence-electron chi connectivity index (χ3n) is 4.53. The lowest BCUT2D eigenvalue weighted by molar-refractivity contribution is -0.157. The molecule has 4 atom stereocenters. The van der Waals surface area contributed by atoms with E-state index in [0.717, 1.165) is 12.8 Å². The molecule has 0 aromatic rings. The van der Waals surface area contributed by atoms with Gasteiger partial charge in [-0.15, -0.1) is 0 Å². The van der Waals surface area contributed by atoms with Crippen LogP contribution < -0.4 is 5.32 Å². The number of ether oxygens (including phenoxy) is 1. The molecule has 0 aromatic heterocycles. The van der Waals surface area contributed by atoms with Crippen molar-refractivity contribution in [3.8, 4) is 0 Å². The quantitative estimate of drug-likeness (QED) is 0.413. The molecule has 0 aromatic carbocycles. The maximum atomic E-state index is 11.8. The van der Waals surface area contributed by atoms with E-state index in [2.05, 4.69) is 5.32 Å². The molecule has 8 nitrogen and oxygen atoms in total. The van der Waals surface area contributed by atoms with Crippen LogP contribution in [-0.4, -0.2) is 52.2 Å². The van der Waals surface area contributed by atoms with Crippen LogP contribution in [0.4, 0.5) is 0 Å². The minimum absolute atomic E-state index is 0.0177. The van der Waals surface area contributed by atoms with Gasteiger partial charge in [0.1, 0.15) is 6.04 Å². The molecule has 22 heavy (non-hydrogen) atoms. The number of piperidine rings is 1. The van der Waals surface area contributed by atoms with Gasteiger partial charge in [0.2, 0.25) is 0 Å². The maximum absolute atomic E-state index is 11.8. The largest absolute Gasteiger partial charge is 0.479 e. The molecule has 2 aliphatic rings. The van der Waals surface area contributed by atoms with E-state index in [0.29, 0.717) is 25.3 Å². The first-order valence-electron chi connectivity index (χ1n) is 7.41. The fraction of sp³-hybridized carbons (Fsp3) is 0.846. The van der Waals surface area contributed by atoms with E-state index in [1.807, 2.05) is 0 Å². The van der Waals surface area contributed by atoms with E-state index < -0.39 is 32.2 Å². The number of esters is 1. The molecule has 0 radical (unpaired) electrons. The number of carbonyl (C=O) groups excluding carboxylic acids is 1. The first-order chi connectivity index (χ1) is 10.2. The summed E-state index contributed by atoms with van der Waals surface area (Å²) < 4.78 is 15.8. The summed E-state index contributed by atoms with van der Waals surface area (Å²) in [7, 11) is -4.01. The van der Waals surface area contributed by atoms with Gasteiger partial charge in [-0.2, -0.15) is 0 Å². The minimum atomic E-state index is -4.01. The second-order valence-electron chi connectivity index (χ2n) is 6.24. The van der Waals surface area contributed by atoms with Crippen LogP contribution in [0.1, 0.15) is 25.7 Å². The van der Waals surface area contributed by atoms with E-state index >= 15 is 0 Å². The van der Waals surface area contributed by atoms with Gasteiger partial charge < -0.3 is 24.9 Å². The number of rotatable bonds is 5. The molecule has 0 amide bonds. The van der Waals surface area contributed by atoms with Crippen LogP contribution in [0.15, 0.2) is 0 Å². The third-order valence-corrected chi connectivity index (χ3v) is 5.52. The molecule has 126 valence electrons. The average molecular weight is 335 g/mol. The van der Waals surface area contributed by atoms with Gasteiger partial charge in [-0.25, -0.2) is 4.79 Å². The molecule has 1 saturated carbocycles. The molecular weight excluding hydrogens is 313 g/mol. The summed E-state index contributed by atoms with van der Waals surface area (Å²) in [5.74, 6) is -1.17. The molecule has 2 rings (SSSR count). The van der Waals surface area contributed by atoms with Gasteiger partial charge in [-0.05, 0) is 50.0 Å². The fourth-order valence-electron chi connectivity index (χ4n) is 3.58. The van der Waals surface area contributed by atoms with Crippen LogP contribution in [0.5, 0.6) is 0 Å². The number of fused-ring (bicyclic) bond motifs is 1. The first kappa shape index (κ1) is 17.4. The smallest absolute Gasteiger partial charge is 0.341 e. The second-order valence-corrected chi connectivity index (χ2v) is 7.94. The van der Waals surface area contributed by atoms with Crippen molar-refractivity contribution in [1.82, 2.24) is 5.32 Å². The Morgan fingerprint density at radius 1 is 1.18 bits per heavy atom. The van der Waals surface area contributed by atoms with E-state index in [1.54, 1.807) is 0 Å². The lowest BCUT2D eigenvalue weighted by atomic mass is 9.70. The van der Waals surface area contributed by atoms with Crippen molar-refractivity contribution in [2.45, 2.75) is 31.7 Å². The molecule has 1 aliphatic heterocycles. The molecule has 4 unspecified atom stereocenters. The van der Waals surface area contributed by atoms with Gasteiger partial charge in [-0.3, -0.25) is 9.36 Å². The van der Waals surface area contributed by atoms with Gasteiger partial charge >= 0.3 is 19.5 Å². The SMILES string of the molecule is O=C(O)COC(=O)C1CC2CC(CP(=O)(O)O)CCC2CN1. The lowest BCUT2D eigenvalue weighted by Gasteiger charge is -2.42. The molecule has 1 saturated heterocycles. The Balaban J connectivity index is 1.88. The minimum Gasteiger partial charge on any atom is -0.479 e. The Hall–Kier alpha value is -0.950. The van der Waals surface area contributed by atoms with Gasteiger partial charge in [-0.1, -0.05) is 0 Å². The number of aliphatic carboxylic acids is 1. The van der Waals surface area contributed by atoms with Crippen molar-refractivity contribution in [2.75, 3.05) is 19.3 Å². The van der Waals surface area contributed by atoms with Crippen LogP contribution in [0, 0.1) is 17.8 Å². The third kappa shape index (κ3) is 5.05. The number of carbonyl (C=O) groups is 2. The zero-order valence-electron chi connectivity index (χ0n) is 12.2. The molecule has 1 heterocycles. The molecule has 2 fully saturated rings. The van der Waals surface area contributed by atoms with Gasteiger partial charge in [0.05, 0.1) is 6.16 Å². The zero-order chi connectivity index (χ0) is 16.3. The summed E-state index contributed by atoms with van der Waals surface area (Å²) in [5, 5.41) is 11.6. The van der Waals surface area contributed by atoms with E-state index in [-0.39, 0.29) is 18.0 Å². The van der Waals surface area contributed by atoms with Gasteiger partial charge in [0.25, 0.3) is 0 Å². The Kier molecular flexibility index (Phi) is 5.60. The van der Waals surface area contributed by atoms with Gasteiger partial charge in [0.15, 0.2) is 6.61 Å². The summed E-state index contributed by atoms with van der Waals surface area (Å²) in [4.78, 5) is 40.4. The molecule has 9 heteroatoms. The number of hydrogen-bond donors (Lipinski definition) is 4. The Morgan fingerprint density at radius 2 is 1.91 bits per heavy atom. The topological polar surface area (TPSA) is 133 Å².